The Balaban J connectivity index is 2.93. The molecule has 62 valence electrons. The summed E-state index contributed by atoms with van der Waals surface area (Å²) in [5.74, 6) is -0.338. The highest BCUT2D eigenvalue weighted by Crippen LogP contribution is 2.23. The lowest BCUT2D eigenvalue weighted by molar-refractivity contribution is 0.632. The van der Waals surface area contributed by atoms with Crippen LogP contribution in [0.3, 0.4) is 0 Å². The fourth-order valence-electron chi connectivity index (χ4n) is 1.15. The van der Waals surface area contributed by atoms with Crippen LogP contribution < -0.4 is 0 Å². The molecule has 0 spiro atoms. The average Bonchev–Trinajstić information content (AvgIpc) is 2.41. The highest BCUT2D eigenvalue weighted by atomic mass is 35.5. The third-order valence-corrected chi connectivity index (χ3v) is 2.02. The van der Waals surface area contributed by atoms with E-state index in [9.17, 15) is 4.39 Å². The van der Waals surface area contributed by atoms with E-state index in [2.05, 4.69) is 5.10 Å². The molecule has 4 heteroatoms. The van der Waals surface area contributed by atoms with Crippen LogP contribution in [-0.4, -0.2) is 9.78 Å². The van der Waals surface area contributed by atoms with E-state index >= 15 is 0 Å². The molecule has 0 aliphatic carbocycles. The minimum atomic E-state index is -0.338. The Hall–Kier alpha value is -1.09. The van der Waals surface area contributed by atoms with Gasteiger partial charge in [0.15, 0.2) is 5.82 Å². The zero-order chi connectivity index (χ0) is 8.72. The normalized spacial score (nSPS) is 10.9. The summed E-state index contributed by atoms with van der Waals surface area (Å²) in [6, 6.07) is 2.85. The third-order valence-electron chi connectivity index (χ3n) is 1.69. The van der Waals surface area contributed by atoms with E-state index in [1.54, 1.807) is 17.9 Å². The third kappa shape index (κ3) is 0.975. The lowest BCUT2D eigenvalue weighted by Crippen LogP contribution is -1.86. The van der Waals surface area contributed by atoms with Crippen molar-refractivity contribution in [3.05, 3.63) is 29.2 Å². The predicted molar refractivity (Wildman–Crippen MR) is 45.7 cm³/mol. The van der Waals surface area contributed by atoms with Gasteiger partial charge in [-0.3, -0.25) is 4.68 Å². The molecule has 0 aliphatic rings. The number of hydrogen-bond acceptors (Lipinski definition) is 1. The van der Waals surface area contributed by atoms with Crippen molar-refractivity contribution in [1.29, 1.82) is 0 Å². The quantitative estimate of drug-likeness (QED) is 0.615. The van der Waals surface area contributed by atoms with Crippen LogP contribution in [0.2, 0.25) is 5.02 Å². The molecule has 0 saturated heterocycles. The molecule has 2 nitrogen and oxygen atoms in total. The first-order valence-electron chi connectivity index (χ1n) is 3.46. The Morgan fingerprint density at radius 2 is 2.25 bits per heavy atom. The number of aromatic nitrogens is 2. The molecule has 0 unspecified atom stereocenters. The average molecular weight is 185 g/mol. The van der Waals surface area contributed by atoms with Crippen LogP contribution in [0, 0.1) is 5.82 Å². The molecule has 0 atom stereocenters. The Morgan fingerprint density at radius 1 is 1.50 bits per heavy atom. The van der Waals surface area contributed by atoms with E-state index in [-0.39, 0.29) is 5.82 Å². The molecule has 0 saturated carbocycles. The van der Waals surface area contributed by atoms with Gasteiger partial charge in [-0.2, -0.15) is 5.10 Å². The molecule has 1 aromatic carbocycles. The zero-order valence-electron chi connectivity index (χ0n) is 6.38. The Kier molecular flexibility index (Phi) is 1.54. The van der Waals surface area contributed by atoms with Gasteiger partial charge in [0.2, 0.25) is 0 Å². The number of fused-ring (bicyclic) bond motifs is 1. The van der Waals surface area contributed by atoms with Crippen LogP contribution in [0.1, 0.15) is 0 Å². The first-order chi connectivity index (χ1) is 5.68. The van der Waals surface area contributed by atoms with Crippen molar-refractivity contribution in [2.75, 3.05) is 0 Å². The Morgan fingerprint density at radius 3 is 2.92 bits per heavy atom. The summed E-state index contributed by atoms with van der Waals surface area (Å²) >= 11 is 5.82. The van der Waals surface area contributed by atoms with Gasteiger partial charge in [-0.15, -0.1) is 0 Å². The zero-order valence-corrected chi connectivity index (χ0v) is 7.14. The molecule has 0 bridgehead atoms. The molecular formula is C8H6ClFN2. The second-order valence-corrected chi connectivity index (χ2v) is 3.00. The van der Waals surface area contributed by atoms with Gasteiger partial charge >= 0.3 is 0 Å². The van der Waals surface area contributed by atoms with Crippen LogP contribution in [-0.2, 0) is 7.05 Å². The summed E-state index contributed by atoms with van der Waals surface area (Å²) in [4.78, 5) is 0. The summed E-state index contributed by atoms with van der Waals surface area (Å²) in [5.41, 5.74) is 0.324. The van der Waals surface area contributed by atoms with Gasteiger partial charge in [-0.05, 0) is 12.1 Å². The van der Waals surface area contributed by atoms with Gasteiger partial charge in [0, 0.05) is 18.6 Å². The van der Waals surface area contributed by atoms with Crippen molar-refractivity contribution in [3.8, 4) is 0 Å². The van der Waals surface area contributed by atoms with Crippen LogP contribution in [0.15, 0.2) is 18.3 Å². The van der Waals surface area contributed by atoms with Crippen LogP contribution >= 0.6 is 11.6 Å². The van der Waals surface area contributed by atoms with E-state index in [4.69, 9.17) is 11.6 Å². The van der Waals surface area contributed by atoms with Gasteiger partial charge in [0.05, 0.1) is 5.02 Å². The second-order valence-electron chi connectivity index (χ2n) is 2.59. The smallest absolute Gasteiger partial charge is 0.151 e. The van der Waals surface area contributed by atoms with Crippen molar-refractivity contribution >= 4 is 22.5 Å². The van der Waals surface area contributed by atoms with E-state index in [0.29, 0.717) is 15.9 Å². The highest BCUT2D eigenvalue weighted by Gasteiger charge is 2.07. The summed E-state index contributed by atoms with van der Waals surface area (Å²) in [7, 11) is 1.73. The standard InChI is InChI=1S/C8H6ClFN2/c1-12-4-5-6(9)2-3-7(10)8(5)11-12/h2-4H,1H3. The molecular weight excluding hydrogens is 179 g/mol. The van der Waals surface area contributed by atoms with Gasteiger partial charge < -0.3 is 0 Å². The molecule has 0 radical (unpaired) electrons. The molecule has 0 N–H and O–H groups in total. The molecule has 2 rings (SSSR count). The maximum Gasteiger partial charge on any atom is 0.151 e. The lowest BCUT2D eigenvalue weighted by atomic mass is 10.2. The van der Waals surface area contributed by atoms with Crippen LogP contribution in [0.5, 0.6) is 0 Å². The summed E-state index contributed by atoms with van der Waals surface area (Å²) in [5, 5.41) is 5.11. The highest BCUT2D eigenvalue weighted by molar-refractivity contribution is 6.35. The first-order valence-corrected chi connectivity index (χ1v) is 3.83. The minimum Gasteiger partial charge on any atom is -0.274 e. The molecule has 0 aliphatic heterocycles. The molecule has 2 aromatic rings. The summed E-state index contributed by atoms with van der Waals surface area (Å²) < 4.78 is 14.6. The molecule has 1 heterocycles. The van der Waals surface area contributed by atoms with E-state index < -0.39 is 0 Å². The van der Waals surface area contributed by atoms with Crippen molar-refractivity contribution < 1.29 is 4.39 Å². The van der Waals surface area contributed by atoms with Crippen molar-refractivity contribution in [2.45, 2.75) is 0 Å². The fourth-order valence-corrected chi connectivity index (χ4v) is 1.36. The number of benzene rings is 1. The number of aryl methyl sites for hydroxylation is 1. The minimum absolute atomic E-state index is 0.324. The summed E-state index contributed by atoms with van der Waals surface area (Å²) in [6.07, 6.45) is 1.70. The topological polar surface area (TPSA) is 17.8 Å². The van der Waals surface area contributed by atoms with E-state index in [1.165, 1.54) is 12.1 Å². The Bertz CT molecular complexity index is 397. The van der Waals surface area contributed by atoms with Gasteiger partial charge in [0.1, 0.15) is 5.52 Å². The SMILES string of the molecule is Cn1cc2c(Cl)ccc(F)c2n1. The monoisotopic (exact) mass is 184 g/mol. The lowest BCUT2D eigenvalue weighted by Gasteiger charge is -1.91. The van der Waals surface area contributed by atoms with Crippen molar-refractivity contribution in [1.82, 2.24) is 9.78 Å². The number of rotatable bonds is 0. The molecule has 1 aromatic heterocycles. The maximum atomic E-state index is 13.0. The maximum absolute atomic E-state index is 13.0. The van der Waals surface area contributed by atoms with Crippen LogP contribution in [0.4, 0.5) is 4.39 Å². The molecule has 12 heavy (non-hydrogen) atoms. The second kappa shape index (κ2) is 2.45. The van der Waals surface area contributed by atoms with Gasteiger partial charge in [-0.25, -0.2) is 4.39 Å². The van der Waals surface area contributed by atoms with Gasteiger partial charge in [0.25, 0.3) is 0 Å². The largest absolute Gasteiger partial charge is 0.274 e. The van der Waals surface area contributed by atoms with Crippen molar-refractivity contribution in [3.63, 3.8) is 0 Å². The van der Waals surface area contributed by atoms with Gasteiger partial charge in [-0.1, -0.05) is 11.6 Å². The van der Waals surface area contributed by atoms with E-state index in [1.807, 2.05) is 0 Å². The summed E-state index contributed by atoms with van der Waals surface area (Å²) in [6.45, 7) is 0. The fraction of sp³-hybridized carbons (Fsp3) is 0.125. The van der Waals surface area contributed by atoms with E-state index in [0.717, 1.165) is 0 Å². The number of hydrogen-bond donors (Lipinski definition) is 0. The Labute approximate surface area is 73.6 Å². The van der Waals surface area contributed by atoms with Crippen LogP contribution in [0.25, 0.3) is 10.9 Å². The number of halogens is 2. The van der Waals surface area contributed by atoms with Crippen molar-refractivity contribution in [2.24, 2.45) is 7.05 Å². The molecule has 0 fully saturated rings. The number of nitrogens with zero attached hydrogens (tertiary/aromatic N) is 2. The first kappa shape index (κ1) is 7.55. The molecule has 0 amide bonds. The predicted octanol–water partition coefficient (Wildman–Crippen LogP) is 2.37.